The monoisotopic (exact) mass is 458 g/mol. The van der Waals surface area contributed by atoms with Crippen molar-refractivity contribution >= 4 is 27.7 Å². The van der Waals surface area contributed by atoms with Gasteiger partial charge in [0.1, 0.15) is 6.04 Å². The number of halogens is 1. The van der Waals surface area contributed by atoms with Crippen molar-refractivity contribution in [3.8, 4) is 0 Å². The number of nitrogens with zero attached hydrogens (tertiary/aromatic N) is 1. The molecule has 156 valence electrons. The molecule has 5 heteroatoms. The molecule has 29 heavy (non-hydrogen) atoms. The van der Waals surface area contributed by atoms with Crippen LogP contribution in [-0.2, 0) is 22.6 Å². The number of hydrogen-bond donors (Lipinski definition) is 1. The first-order valence-electron chi connectivity index (χ1n) is 10.0. The highest BCUT2D eigenvalue weighted by Gasteiger charge is 2.26. The molecule has 0 saturated carbocycles. The molecule has 0 bridgehead atoms. The van der Waals surface area contributed by atoms with E-state index in [9.17, 15) is 9.59 Å². The number of hydrogen-bond acceptors (Lipinski definition) is 2. The Morgan fingerprint density at radius 1 is 1.03 bits per heavy atom. The van der Waals surface area contributed by atoms with E-state index in [2.05, 4.69) is 41.2 Å². The lowest BCUT2D eigenvalue weighted by Crippen LogP contribution is -2.48. The summed E-state index contributed by atoms with van der Waals surface area (Å²) in [4.78, 5) is 27.6. The molecule has 0 fully saturated rings. The quantitative estimate of drug-likeness (QED) is 0.617. The van der Waals surface area contributed by atoms with E-state index >= 15 is 0 Å². The summed E-state index contributed by atoms with van der Waals surface area (Å²) in [6, 6.07) is 13.4. The Morgan fingerprint density at radius 3 is 2.31 bits per heavy atom. The van der Waals surface area contributed by atoms with Crippen molar-refractivity contribution in [3.63, 3.8) is 0 Å². The van der Waals surface area contributed by atoms with Gasteiger partial charge >= 0.3 is 0 Å². The first-order valence-corrected chi connectivity index (χ1v) is 10.8. The molecule has 0 aliphatic heterocycles. The summed E-state index contributed by atoms with van der Waals surface area (Å²) in [6.45, 7) is 10.9. The first kappa shape index (κ1) is 23.1. The predicted molar refractivity (Wildman–Crippen MR) is 122 cm³/mol. The van der Waals surface area contributed by atoms with Gasteiger partial charge in [0.15, 0.2) is 0 Å². The highest BCUT2D eigenvalue weighted by atomic mass is 79.9. The van der Waals surface area contributed by atoms with Gasteiger partial charge in [-0.05, 0) is 55.5 Å². The average Bonchev–Trinajstić information content (AvgIpc) is 2.67. The summed E-state index contributed by atoms with van der Waals surface area (Å²) in [5.41, 5.74) is 4.21. The zero-order valence-electron chi connectivity index (χ0n) is 18.0. The number of carbonyl (C=O) groups excluding carboxylic acids is 2. The van der Waals surface area contributed by atoms with E-state index in [0.717, 1.165) is 26.7 Å². The molecule has 2 amide bonds. The van der Waals surface area contributed by atoms with Crippen LogP contribution in [0.15, 0.2) is 46.9 Å². The molecule has 1 atom stereocenters. The largest absolute Gasteiger partial charge is 0.354 e. The minimum absolute atomic E-state index is 0.0474. The van der Waals surface area contributed by atoms with Crippen LogP contribution in [0.4, 0.5) is 0 Å². The molecule has 2 aromatic carbocycles. The topological polar surface area (TPSA) is 49.4 Å². The summed E-state index contributed by atoms with van der Waals surface area (Å²) < 4.78 is 0.984. The number of rotatable bonds is 8. The molecule has 2 aromatic rings. The van der Waals surface area contributed by atoms with Crippen molar-refractivity contribution in [1.82, 2.24) is 10.2 Å². The maximum atomic E-state index is 13.3. The minimum atomic E-state index is -0.546. The third-order valence-corrected chi connectivity index (χ3v) is 5.49. The summed E-state index contributed by atoms with van der Waals surface area (Å²) >= 11 is 3.44. The van der Waals surface area contributed by atoms with E-state index in [-0.39, 0.29) is 18.2 Å². The van der Waals surface area contributed by atoms with Crippen LogP contribution < -0.4 is 5.32 Å². The molecule has 0 aliphatic carbocycles. The van der Waals surface area contributed by atoms with Crippen LogP contribution in [0, 0.1) is 19.8 Å². The van der Waals surface area contributed by atoms with Gasteiger partial charge in [0.25, 0.3) is 0 Å². The molecule has 0 radical (unpaired) electrons. The molecule has 0 heterocycles. The fourth-order valence-electron chi connectivity index (χ4n) is 3.08. The Bertz CT molecular complexity index is 846. The van der Waals surface area contributed by atoms with Crippen LogP contribution in [0.2, 0.25) is 0 Å². The second-order valence-electron chi connectivity index (χ2n) is 8.07. The fraction of sp³-hybridized carbons (Fsp3) is 0.417. The fourth-order valence-corrected chi connectivity index (χ4v) is 3.34. The van der Waals surface area contributed by atoms with Gasteiger partial charge in [0, 0.05) is 17.6 Å². The minimum Gasteiger partial charge on any atom is -0.354 e. The van der Waals surface area contributed by atoms with Crippen molar-refractivity contribution in [2.45, 2.75) is 53.6 Å². The van der Waals surface area contributed by atoms with Crippen molar-refractivity contribution in [2.75, 3.05) is 6.54 Å². The lowest BCUT2D eigenvalue weighted by Gasteiger charge is -2.29. The van der Waals surface area contributed by atoms with Crippen LogP contribution in [0.3, 0.4) is 0 Å². The first-order chi connectivity index (χ1) is 13.7. The molecule has 4 nitrogen and oxygen atoms in total. The molecule has 0 saturated heterocycles. The van der Waals surface area contributed by atoms with Crippen molar-refractivity contribution in [1.29, 1.82) is 0 Å². The van der Waals surface area contributed by atoms with E-state index in [1.807, 2.05) is 50.2 Å². The lowest BCUT2D eigenvalue weighted by atomic mass is 10.0. The summed E-state index contributed by atoms with van der Waals surface area (Å²) in [5.74, 6) is 0.190. The molecule has 0 aliphatic rings. The molecule has 2 rings (SSSR count). The predicted octanol–water partition coefficient (Wildman–Crippen LogP) is 4.80. The normalized spacial score (nSPS) is 12.0. The van der Waals surface area contributed by atoms with Gasteiger partial charge in [-0.15, -0.1) is 0 Å². The van der Waals surface area contributed by atoms with E-state index in [1.165, 1.54) is 0 Å². The van der Waals surface area contributed by atoms with Crippen LogP contribution >= 0.6 is 15.9 Å². The van der Waals surface area contributed by atoms with E-state index in [0.29, 0.717) is 19.0 Å². The van der Waals surface area contributed by atoms with Crippen LogP contribution in [0.1, 0.15) is 43.0 Å². The third kappa shape index (κ3) is 7.00. The number of nitrogens with one attached hydrogen (secondary N) is 1. The van der Waals surface area contributed by atoms with Gasteiger partial charge in [-0.25, -0.2) is 0 Å². The second kappa shape index (κ2) is 10.6. The van der Waals surface area contributed by atoms with Gasteiger partial charge in [-0.1, -0.05) is 65.7 Å². The summed E-state index contributed by atoms with van der Waals surface area (Å²) in [5, 5.41) is 2.96. The van der Waals surface area contributed by atoms with Crippen LogP contribution in [0.25, 0.3) is 0 Å². The Hall–Kier alpha value is -2.14. The number of aryl methyl sites for hydroxylation is 2. The number of carbonyl (C=O) groups is 2. The maximum Gasteiger partial charge on any atom is 0.242 e. The molecule has 1 N–H and O–H groups in total. The van der Waals surface area contributed by atoms with Crippen LogP contribution in [0.5, 0.6) is 0 Å². The zero-order chi connectivity index (χ0) is 21.6. The van der Waals surface area contributed by atoms with E-state index in [4.69, 9.17) is 0 Å². The molecular formula is C24H31BrN2O2. The Kier molecular flexibility index (Phi) is 8.45. The Balaban J connectivity index is 2.24. The number of benzene rings is 2. The SMILES string of the molecule is Cc1ccc(C)c(CC(=O)N(Cc2ccc(Br)cc2)C(C)C(=O)NCC(C)C)c1. The van der Waals surface area contributed by atoms with Crippen molar-refractivity contribution < 1.29 is 9.59 Å². The van der Waals surface area contributed by atoms with Gasteiger partial charge < -0.3 is 10.2 Å². The van der Waals surface area contributed by atoms with E-state index in [1.54, 1.807) is 11.8 Å². The van der Waals surface area contributed by atoms with Gasteiger partial charge in [-0.2, -0.15) is 0 Å². The Morgan fingerprint density at radius 2 is 1.69 bits per heavy atom. The van der Waals surface area contributed by atoms with Gasteiger partial charge in [0.2, 0.25) is 11.8 Å². The second-order valence-corrected chi connectivity index (χ2v) is 8.99. The molecule has 0 spiro atoms. The highest BCUT2D eigenvalue weighted by Crippen LogP contribution is 2.17. The third-order valence-electron chi connectivity index (χ3n) is 4.96. The number of amides is 2. The van der Waals surface area contributed by atoms with Gasteiger partial charge in [-0.3, -0.25) is 9.59 Å². The summed E-state index contributed by atoms with van der Waals surface area (Å²) in [6.07, 6.45) is 0.284. The van der Waals surface area contributed by atoms with E-state index < -0.39 is 6.04 Å². The Labute approximate surface area is 182 Å². The summed E-state index contributed by atoms with van der Waals surface area (Å²) in [7, 11) is 0. The van der Waals surface area contributed by atoms with Crippen molar-refractivity contribution in [3.05, 3.63) is 69.2 Å². The van der Waals surface area contributed by atoms with Crippen LogP contribution in [-0.4, -0.2) is 29.3 Å². The lowest BCUT2D eigenvalue weighted by molar-refractivity contribution is -0.140. The molecule has 0 aromatic heterocycles. The zero-order valence-corrected chi connectivity index (χ0v) is 19.5. The smallest absolute Gasteiger partial charge is 0.242 e. The van der Waals surface area contributed by atoms with Gasteiger partial charge in [0.05, 0.1) is 6.42 Å². The molecular weight excluding hydrogens is 428 g/mol. The van der Waals surface area contributed by atoms with Crippen molar-refractivity contribution in [2.24, 2.45) is 5.92 Å². The average molecular weight is 459 g/mol. The standard InChI is InChI=1S/C24H31BrN2O2/c1-16(2)14-26-24(29)19(5)27(15-20-8-10-22(25)11-9-20)23(28)13-21-12-17(3)6-7-18(21)4/h6-12,16,19H,13-15H2,1-5H3,(H,26,29). The molecule has 1 unspecified atom stereocenters. The maximum absolute atomic E-state index is 13.3. The highest BCUT2D eigenvalue weighted by molar-refractivity contribution is 9.10.